The number of methoxy groups -OCH3 is 1. The van der Waals surface area contributed by atoms with Crippen LogP contribution in [0, 0.1) is 29.1 Å². The fraction of sp³-hybridized carbons (Fsp3) is 0.447. The fourth-order valence-corrected chi connectivity index (χ4v) is 9.32. The molecule has 6 rings (SSSR count). The van der Waals surface area contributed by atoms with Gasteiger partial charge in [0.15, 0.2) is 6.29 Å². The lowest BCUT2D eigenvalue weighted by molar-refractivity contribution is -0.254. The van der Waals surface area contributed by atoms with Gasteiger partial charge in [-0.2, -0.15) is 5.26 Å². The Morgan fingerprint density at radius 3 is 2.42 bits per heavy atom. The van der Waals surface area contributed by atoms with Crippen LogP contribution in [0.1, 0.15) is 96.1 Å². The van der Waals surface area contributed by atoms with Gasteiger partial charge in [0.05, 0.1) is 42.5 Å². The quantitative estimate of drug-likeness (QED) is 0.0496. The zero-order valence-corrected chi connectivity index (χ0v) is 34.2. The molecule has 3 aliphatic rings. The summed E-state index contributed by atoms with van der Waals surface area (Å²) in [6, 6.07) is 18.9. The Hall–Kier alpha value is -5.48. The number of benzene rings is 3. The van der Waals surface area contributed by atoms with Crippen molar-refractivity contribution in [3.63, 3.8) is 0 Å². The fourth-order valence-electron chi connectivity index (χ4n) is 9.32. The Bertz CT molecular complexity index is 2060. The molecule has 1 fully saturated rings. The number of fused-ring (bicyclic) bond motifs is 2. The van der Waals surface area contributed by atoms with Crippen LogP contribution in [0.5, 0.6) is 23.0 Å². The normalized spacial score (nSPS) is 23.4. The summed E-state index contributed by atoms with van der Waals surface area (Å²) in [6.07, 6.45) is 10.1. The molecule has 1 amide bonds. The number of rotatable bonds is 20. The second-order valence-electron chi connectivity index (χ2n) is 15.3. The van der Waals surface area contributed by atoms with E-state index in [0.717, 1.165) is 43.1 Å². The number of allylic oxidation sites excluding steroid dienone is 1. The third-order valence-electron chi connectivity index (χ3n) is 11.8. The maximum atomic E-state index is 14.8. The SMILES string of the molecule is C=CCOC12Oc3ccc(Oc4ccc(OC)c(C=O)c4)cc3C3C(CCCCO)C(CCCCO)C=C(C(=NOC)CC1N(CCC)C(=O)c1ccc(C#N)cc1)C32. The minimum absolute atomic E-state index is 0.0256. The number of nitrogens with zero attached hydrogens (tertiary/aromatic N) is 3. The largest absolute Gasteiger partial charge is 0.496 e. The smallest absolute Gasteiger partial charge is 0.254 e. The molecule has 312 valence electrons. The van der Waals surface area contributed by atoms with Crippen molar-refractivity contribution >= 4 is 17.9 Å². The van der Waals surface area contributed by atoms with Gasteiger partial charge in [-0.05, 0) is 110 Å². The average molecular weight is 806 g/mol. The predicted octanol–water partition coefficient (Wildman–Crippen LogP) is 7.99. The van der Waals surface area contributed by atoms with E-state index in [2.05, 4.69) is 23.9 Å². The number of aliphatic hydroxyl groups excluding tert-OH is 2. The first-order valence-electron chi connectivity index (χ1n) is 20.5. The second kappa shape index (κ2) is 20.0. The van der Waals surface area contributed by atoms with Gasteiger partial charge in [0.25, 0.3) is 5.91 Å². The number of ether oxygens (including phenoxy) is 4. The minimum atomic E-state index is -1.41. The summed E-state index contributed by atoms with van der Waals surface area (Å²) in [7, 11) is 3.03. The summed E-state index contributed by atoms with van der Waals surface area (Å²) in [5, 5.41) is 33.9. The Morgan fingerprint density at radius 2 is 1.76 bits per heavy atom. The molecule has 1 saturated carbocycles. The topological polar surface area (TPSA) is 160 Å². The van der Waals surface area contributed by atoms with Crippen LogP contribution in [0.15, 0.2) is 90.1 Å². The molecular formula is C47H55N3O9. The first-order valence-corrected chi connectivity index (χ1v) is 20.5. The van der Waals surface area contributed by atoms with Gasteiger partial charge in [0, 0.05) is 43.2 Å². The van der Waals surface area contributed by atoms with E-state index < -0.39 is 17.7 Å². The van der Waals surface area contributed by atoms with Gasteiger partial charge >= 0.3 is 0 Å². The van der Waals surface area contributed by atoms with Gasteiger partial charge in [-0.15, -0.1) is 6.58 Å². The number of unbranched alkanes of at least 4 members (excludes halogenated alkanes) is 2. The number of oxime groups is 1. The van der Waals surface area contributed by atoms with E-state index >= 15 is 0 Å². The van der Waals surface area contributed by atoms with Gasteiger partial charge in [0.1, 0.15) is 36.1 Å². The third-order valence-corrected chi connectivity index (χ3v) is 11.8. The molecule has 3 aromatic carbocycles. The van der Waals surface area contributed by atoms with E-state index in [4.69, 9.17) is 23.8 Å². The standard InChI is InChI=1S/C47H55N3O9/c1-5-21-50(46(54)32-15-13-31(29-48)14-16-32)43-28-40(49-56-4)38-26-33(11-7-9-22-51)37(12-8-10-23-52)44-39-27-36(58-35-17-19-41(55-3)34(25-35)30-53)18-20-42(39)59-47(43,45(38)44)57-24-6-2/h6,13-20,25-27,30,33,37,43-45,51-52H,2,5,7-12,21-24,28H2,1,3-4H3. The molecule has 12 nitrogen and oxygen atoms in total. The lowest BCUT2D eigenvalue weighted by Gasteiger charge is -2.60. The zero-order chi connectivity index (χ0) is 41.9. The third kappa shape index (κ3) is 8.93. The molecule has 6 atom stereocenters. The summed E-state index contributed by atoms with van der Waals surface area (Å²) in [6.45, 7) is 6.71. The van der Waals surface area contributed by atoms with Crippen molar-refractivity contribution in [3.8, 4) is 29.1 Å². The van der Waals surface area contributed by atoms with Crippen LogP contribution in [-0.2, 0) is 9.57 Å². The highest BCUT2D eigenvalue weighted by Crippen LogP contribution is 2.62. The molecular weight excluding hydrogens is 751 g/mol. The Kier molecular flexibility index (Phi) is 14.6. The summed E-state index contributed by atoms with van der Waals surface area (Å²) in [4.78, 5) is 34.0. The number of aldehydes is 1. The highest BCUT2D eigenvalue weighted by atomic mass is 16.7. The van der Waals surface area contributed by atoms with Gasteiger partial charge in [-0.25, -0.2) is 0 Å². The van der Waals surface area contributed by atoms with Gasteiger partial charge in [0.2, 0.25) is 5.79 Å². The van der Waals surface area contributed by atoms with Crippen LogP contribution in [0.3, 0.4) is 0 Å². The zero-order valence-electron chi connectivity index (χ0n) is 34.2. The molecule has 1 heterocycles. The number of aliphatic hydroxyl groups is 2. The highest BCUT2D eigenvalue weighted by molar-refractivity contribution is 6.03. The van der Waals surface area contributed by atoms with E-state index in [0.29, 0.717) is 71.2 Å². The summed E-state index contributed by atoms with van der Waals surface area (Å²) in [5.41, 5.74) is 3.77. The number of carbonyl (C=O) groups is 2. The lowest BCUT2D eigenvalue weighted by atomic mass is 9.55. The minimum Gasteiger partial charge on any atom is -0.496 e. The number of hydrogen-bond donors (Lipinski definition) is 2. The molecule has 0 spiro atoms. The highest BCUT2D eigenvalue weighted by Gasteiger charge is 2.65. The van der Waals surface area contributed by atoms with Gasteiger partial charge in [-0.1, -0.05) is 37.1 Å². The molecule has 6 unspecified atom stereocenters. The van der Waals surface area contributed by atoms with Crippen LogP contribution >= 0.6 is 0 Å². The lowest BCUT2D eigenvalue weighted by Crippen LogP contribution is -2.70. The number of hydrogen-bond acceptors (Lipinski definition) is 11. The van der Waals surface area contributed by atoms with Crippen LogP contribution in [0.4, 0.5) is 0 Å². The summed E-state index contributed by atoms with van der Waals surface area (Å²) < 4.78 is 26.1. The summed E-state index contributed by atoms with van der Waals surface area (Å²) >= 11 is 0. The van der Waals surface area contributed by atoms with E-state index in [1.54, 1.807) is 48.5 Å². The summed E-state index contributed by atoms with van der Waals surface area (Å²) in [5.74, 6) is -0.251. The maximum Gasteiger partial charge on any atom is 0.254 e. The van der Waals surface area contributed by atoms with Crippen molar-refractivity contribution < 1.29 is 43.6 Å². The van der Waals surface area contributed by atoms with Crippen LogP contribution in [-0.4, -0.2) is 85.4 Å². The second-order valence-corrected chi connectivity index (χ2v) is 15.3. The van der Waals surface area contributed by atoms with Crippen LogP contribution < -0.4 is 14.2 Å². The number of carbonyl (C=O) groups excluding carboxylic acids is 2. The van der Waals surface area contributed by atoms with Crippen molar-refractivity contribution in [3.05, 3.63) is 107 Å². The van der Waals surface area contributed by atoms with Crippen LogP contribution in [0.25, 0.3) is 0 Å². The van der Waals surface area contributed by atoms with Crippen molar-refractivity contribution in [1.29, 1.82) is 5.26 Å². The molecule has 2 N–H and O–H groups in total. The maximum absolute atomic E-state index is 14.8. The molecule has 59 heavy (non-hydrogen) atoms. The van der Waals surface area contributed by atoms with Crippen molar-refractivity contribution in [1.82, 2.24) is 4.90 Å². The van der Waals surface area contributed by atoms with Gasteiger partial charge < -0.3 is 38.9 Å². The van der Waals surface area contributed by atoms with Crippen molar-refractivity contribution in [2.45, 2.75) is 76.0 Å². The monoisotopic (exact) mass is 805 g/mol. The van der Waals surface area contributed by atoms with E-state index in [1.807, 2.05) is 30.0 Å². The molecule has 2 aliphatic carbocycles. The Balaban J connectivity index is 1.58. The molecule has 3 aromatic rings. The van der Waals surface area contributed by atoms with E-state index in [1.165, 1.54) is 14.2 Å². The Morgan fingerprint density at radius 1 is 1.03 bits per heavy atom. The molecule has 0 aromatic heterocycles. The number of amides is 1. The predicted molar refractivity (Wildman–Crippen MR) is 223 cm³/mol. The number of nitriles is 1. The van der Waals surface area contributed by atoms with Crippen molar-refractivity contribution in [2.24, 2.45) is 22.9 Å². The average Bonchev–Trinajstić information content (AvgIpc) is 3.26. The molecule has 1 aliphatic heterocycles. The van der Waals surface area contributed by atoms with E-state index in [9.17, 15) is 25.1 Å². The molecule has 0 radical (unpaired) electrons. The first kappa shape index (κ1) is 43.1. The van der Waals surface area contributed by atoms with Gasteiger partial charge in [-0.3, -0.25) is 9.59 Å². The molecule has 0 saturated heterocycles. The molecule has 12 heteroatoms. The van der Waals surface area contributed by atoms with Crippen molar-refractivity contribution in [2.75, 3.05) is 40.6 Å². The Labute approximate surface area is 346 Å². The first-order chi connectivity index (χ1) is 28.8. The van der Waals surface area contributed by atoms with E-state index in [-0.39, 0.29) is 49.9 Å². The van der Waals surface area contributed by atoms with Crippen LogP contribution in [0.2, 0.25) is 0 Å². The molecule has 0 bridgehead atoms.